The summed E-state index contributed by atoms with van der Waals surface area (Å²) in [6, 6.07) is 16.2. The average molecular weight is 380 g/mol. The Morgan fingerprint density at radius 3 is 2.46 bits per heavy atom. The van der Waals surface area contributed by atoms with Crippen molar-refractivity contribution >= 4 is 34.0 Å². The summed E-state index contributed by atoms with van der Waals surface area (Å²) in [5.74, 6) is -0.0838. The van der Waals surface area contributed by atoms with Crippen molar-refractivity contribution in [1.29, 1.82) is 0 Å². The van der Waals surface area contributed by atoms with E-state index in [0.717, 1.165) is 22.9 Å². The van der Waals surface area contributed by atoms with Crippen molar-refractivity contribution < 1.29 is 22.7 Å². The fourth-order valence-electron chi connectivity index (χ4n) is 2.42. The van der Waals surface area contributed by atoms with Gasteiger partial charge in [0.1, 0.15) is 5.75 Å². The van der Waals surface area contributed by atoms with E-state index in [1.54, 1.807) is 12.1 Å². The zero-order valence-electron chi connectivity index (χ0n) is 13.3. The molecule has 3 rings (SSSR count). The third-order valence-electron chi connectivity index (χ3n) is 3.65. The molecule has 3 nitrogen and oxygen atoms in total. The molecular formula is C19H13ClF3NO2. The number of nitrogens with one attached hydrogen (secondary N) is 1. The molecule has 3 aromatic rings. The summed E-state index contributed by atoms with van der Waals surface area (Å²) in [6.45, 7) is -0.331. The first-order valence-electron chi connectivity index (χ1n) is 7.61. The first kappa shape index (κ1) is 18.1. The van der Waals surface area contributed by atoms with Crippen molar-refractivity contribution in [3.05, 3.63) is 71.2 Å². The number of rotatable bonds is 4. The number of carbonyl (C=O) groups is 1. The van der Waals surface area contributed by atoms with Gasteiger partial charge in [0, 0.05) is 5.69 Å². The monoisotopic (exact) mass is 379 g/mol. The molecule has 1 amide bonds. The standard InChI is InChI=1S/C19H13ClF3NO2/c20-17-8-6-14(10-16(17)19(21,22)23)24-18(25)11-26-15-7-5-12-3-1-2-4-13(12)9-15/h1-10H,11H2,(H,24,25). The Morgan fingerprint density at radius 2 is 1.73 bits per heavy atom. The number of alkyl halides is 3. The number of hydrogen-bond acceptors (Lipinski definition) is 2. The van der Waals surface area contributed by atoms with Gasteiger partial charge in [0.2, 0.25) is 0 Å². The number of benzene rings is 3. The van der Waals surface area contributed by atoms with Gasteiger partial charge in [-0.3, -0.25) is 4.79 Å². The zero-order chi connectivity index (χ0) is 18.7. The molecule has 0 aliphatic heterocycles. The zero-order valence-corrected chi connectivity index (χ0v) is 14.1. The number of hydrogen-bond donors (Lipinski definition) is 1. The molecule has 0 heterocycles. The number of ether oxygens (including phenoxy) is 1. The molecule has 1 N–H and O–H groups in total. The predicted octanol–water partition coefficient (Wildman–Crippen LogP) is 5.53. The molecule has 7 heteroatoms. The maximum absolute atomic E-state index is 12.8. The van der Waals surface area contributed by atoms with Gasteiger partial charge >= 0.3 is 6.18 Å². The minimum Gasteiger partial charge on any atom is -0.484 e. The molecule has 0 spiro atoms. The molecule has 0 radical (unpaired) electrons. The Kier molecular flexibility index (Phi) is 5.04. The van der Waals surface area contributed by atoms with Gasteiger partial charge in [-0.25, -0.2) is 0 Å². The third kappa shape index (κ3) is 4.26. The van der Waals surface area contributed by atoms with Crippen LogP contribution in [0.1, 0.15) is 5.56 Å². The Bertz CT molecular complexity index is 957. The van der Waals surface area contributed by atoms with E-state index in [1.165, 1.54) is 6.07 Å². The van der Waals surface area contributed by atoms with E-state index < -0.39 is 22.7 Å². The summed E-state index contributed by atoms with van der Waals surface area (Å²) >= 11 is 5.55. The molecule has 0 aromatic heterocycles. The van der Waals surface area contributed by atoms with Crippen molar-refractivity contribution in [1.82, 2.24) is 0 Å². The van der Waals surface area contributed by atoms with E-state index in [1.807, 2.05) is 30.3 Å². The lowest BCUT2D eigenvalue weighted by Gasteiger charge is -2.12. The summed E-state index contributed by atoms with van der Waals surface area (Å²) < 4.78 is 43.9. The van der Waals surface area contributed by atoms with Crippen molar-refractivity contribution in [2.75, 3.05) is 11.9 Å². The highest BCUT2D eigenvalue weighted by atomic mass is 35.5. The highest BCUT2D eigenvalue weighted by molar-refractivity contribution is 6.31. The van der Waals surface area contributed by atoms with E-state index in [-0.39, 0.29) is 12.3 Å². The van der Waals surface area contributed by atoms with Crippen molar-refractivity contribution in [2.45, 2.75) is 6.18 Å². The number of anilines is 1. The van der Waals surface area contributed by atoms with Gasteiger partial charge in [-0.2, -0.15) is 13.2 Å². The highest BCUT2D eigenvalue weighted by Gasteiger charge is 2.33. The normalized spacial score (nSPS) is 11.4. The first-order valence-corrected chi connectivity index (χ1v) is 7.99. The topological polar surface area (TPSA) is 38.3 Å². The van der Waals surface area contributed by atoms with E-state index in [2.05, 4.69) is 5.32 Å². The predicted molar refractivity (Wildman–Crippen MR) is 94.5 cm³/mol. The van der Waals surface area contributed by atoms with Crippen molar-refractivity contribution in [2.24, 2.45) is 0 Å². The molecule has 3 aromatic carbocycles. The number of halogens is 4. The molecule has 0 aliphatic carbocycles. The van der Waals surface area contributed by atoms with E-state index in [4.69, 9.17) is 16.3 Å². The Balaban J connectivity index is 1.65. The second-order valence-corrected chi connectivity index (χ2v) is 5.95. The Morgan fingerprint density at radius 1 is 1.00 bits per heavy atom. The summed E-state index contributed by atoms with van der Waals surface area (Å²) in [5, 5.41) is 3.93. The molecule has 0 saturated heterocycles. The van der Waals surface area contributed by atoms with Crippen molar-refractivity contribution in [3.63, 3.8) is 0 Å². The Labute approximate surface area is 152 Å². The largest absolute Gasteiger partial charge is 0.484 e. The van der Waals surface area contributed by atoms with Crippen LogP contribution < -0.4 is 10.1 Å². The quantitative estimate of drug-likeness (QED) is 0.647. The molecule has 26 heavy (non-hydrogen) atoms. The van der Waals surface area contributed by atoms with Crippen LogP contribution in [0.25, 0.3) is 10.8 Å². The van der Waals surface area contributed by atoms with Crippen LogP contribution in [0.2, 0.25) is 5.02 Å². The minimum atomic E-state index is -4.60. The van der Waals surface area contributed by atoms with Gasteiger partial charge in [0.25, 0.3) is 5.91 Å². The lowest BCUT2D eigenvalue weighted by Crippen LogP contribution is -2.20. The number of amides is 1. The second kappa shape index (κ2) is 7.25. The average Bonchev–Trinajstić information content (AvgIpc) is 2.60. The van der Waals surface area contributed by atoms with Crippen LogP contribution >= 0.6 is 11.6 Å². The van der Waals surface area contributed by atoms with Gasteiger partial charge in [-0.1, -0.05) is 41.9 Å². The Hall–Kier alpha value is -2.73. The molecule has 134 valence electrons. The van der Waals surface area contributed by atoms with E-state index >= 15 is 0 Å². The van der Waals surface area contributed by atoms with Crippen LogP contribution in [0, 0.1) is 0 Å². The van der Waals surface area contributed by atoms with Crippen LogP contribution in [0.4, 0.5) is 18.9 Å². The second-order valence-electron chi connectivity index (χ2n) is 5.54. The number of carbonyl (C=O) groups excluding carboxylic acids is 1. The SMILES string of the molecule is O=C(COc1ccc2ccccc2c1)Nc1ccc(Cl)c(C(F)(F)F)c1. The van der Waals surface area contributed by atoms with Crippen LogP contribution in [0.15, 0.2) is 60.7 Å². The molecule has 0 unspecified atom stereocenters. The summed E-state index contributed by atoms with van der Waals surface area (Å²) in [4.78, 5) is 11.9. The molecule has 0 saturated carbocycles. The van der Waals surface area contributed by atoms with Crippen LogP contribution in [-0.2, 0) is 11.0 Å². The lowest BCUT2D eigenvalue weighted by molar-refractivity contribution is -0.137. The summed E-state index contributed by atoms with van der Waals surface area (Å²) in [6.07, 6.45) is -4.60. The minimum absolute atomic E-state index is 0.00571. The van der Waals surface area contributed by atoms with Crippen LogP contribution in [0.3, 0.4) is 0 Å². The van der Waals surface area contributed by atoms with Gasteiger partial charge in [0.05, 0.1) is 10.6 Å². The maximum Gasteiger partial charge on any atom is 0.417 e. The van der Waals surface area contributed by atoms with Crippen LogP contribution in [-0.4, -0.2) is 12.5 Å². The molecule has 0 fully saturated rings. The fraction of sp³-hybridized carbons (Fsp3) is 0.105. The van der Waals surface area contributed by atoms with Crippen LogP contribution in [0.5, 0.6) is 5.75 Å². The summed E-state index contributed by atoms with van der Waals surface area (Å²) in [5.41, 5.74) is -1.01. The number of fused-ring (bicyclic) bond motifs is 1. The fourth-order valence-corrected chi connectivity index (χ4v) is 2.65. The third-order valence-corrected chi connectivity index (χ3v) is 3.98. The van der Waals surface area contributed by atoms with Gasteiger partial charge < -0.3 is 10.1 Å². The molecule has 0 aliphatic rings. The molecule has 0 atom stereocenters. The van der Waals surface area contributed by atoms with E-state index in [9.17, 15) is 18.0 Å². The van der Waals surface area contributed by atoms with Crippen molar-refractivity contribution in [3.8, 4) is 5.75 Å². The maximum atomic E-state index is 12.8. The highest BCUT2D eigenvalue weighted by Crippen LogP contribution is 2.36. The van der Waals surface area contributed by atoms with Gasteiger partial charge in [-0.05, 0) is 41.1 Å². The first-order chi connectivity index (χ1) is 12.3. The smallest absolute Gasteiger partial charge is 0.417 e. The molecular weight excluding hydrogens is 367 g/mol. The lowest BCUT2D eigenvalue weighted by atomic mass is 10.1. The van der Waals surface area contributed by atoms with Gasteiger partial charge in [0.15, 0.2) is 6.61 Å². The molecule has 0 bridgehead atoms. The summed E-state index contributed by atoms with van der Waals surface area (Å²) in [7, 11) is 0. The van der Waals surface area contributed by atoms with Gasteiger partial charge in [-0.15, -0.1) is 0 Å². The van der Waals surface area contributed by atoms with E-state index in [0.29, 0.717) is 5.75 Å².